The van der Waals surface area contributed by atoms with E-state index in [9.17, 15) is 13.2 Å². The van der Waals surface area contributed by atoms with E-state index in [1.54, 1.807) is 33.9 Å². The van der Waals surface area contributed by atoms with Crippen LogP contribution in [-0.2, 0) is 14.8 Å². The molecule has 3 aromatic rings. The van der Waals surface area contributed by atoms with Crippen molar-refractivity contribution in [3.8, 4) is 5.69 Å². The van der Waals surface area contributed by atoms with Crippen molar-refractivity contribution in [1.29, 1.82) is 0 Å². The predicted molar refractivity (Wildman–Crippen MR) is 171 cm³/mol. The van der Waals surface area contributed by atoms with Crippen LogP contribution < -0.4 is 20.9 Å². The topological polar surface area (TPSA) is 155 Å². The third-order valence-corrected chi connectivity index (χ3v) is 10.1. The van der Waals surface area contributed by atoms with E-state index in [-0.39, 0.29) is 12.0 Å². The molecule has 2 fully saturated rings. The number of rotatable bonds is 9. The van der Waals surface area contributed by atoms with Gasteiger partial charge >= 0.3 is 6.09 Å². The number of piperazine rings is 1. The second kappa shape index (κ2) is 13.7. The third kappa shape index (κ3) is 7.16. The molecule has 44 heavy (non-hydrogen) atoms. The summed E-state index contributed by atoms with van der Waals surface area (Å²) in [6, 6.07) is 11.7. The van der Waals surface area contributed by atoms with Gasteiger partial charge in [0.05, 0.1) is 17.5 Å². The Labute approximate surface area is 258 Å². The van der Waals surface area contributed by atoms with Crippen LogP contribution in [0, 0.1) is 0 Å². The van der Waals surface area contributed by atoms with Crippen LogP contribution in [0.15, 0.2) is 42.6 Å². The summed E-state index contributed by atoms with van der Waals surface area (Å²) in [5.74, 6) is 1.31. The van der Waals surface area contributed by atoms with E-state index in [2.05, 4.69) is 30.2 Å². The van der Waals surface area contributed by atoms with E-state index in [0.29, 0.717) is 63.9 Å². The fourth-order valence-corrected chi connectivity index (χ4v) is 6.58. The highest BCUT2D eigenvalue weighted by molar-refractivity contribution is 7.89. The third-order valence-electron chi connectivity index (χ3n) is 7.80. The van der Waals surface area contributed by atoms with Gasteiger partial charge in [-0.25, -0.2) is 18.2 Å². The summed E-state index contributed by atoms with van der Waals surface area (Å²) in [6.45, 7) is 10.7. The number of carbonyl (C=O) groups is 1. The zero-order chi connectivity index (χ0) is 31.3. The largest absolute Gasteiger partial charge is 0.449 e. The smallest absolute Gasteiger partial charge is 0.409 e. The molecule has 0 saturated carbocycles. The molecular weight excluding hydrogens is 584 g/mol. The van der Waals surface area contributed by atoms with E-state index >= 15 is 0 Å². The average molecular weight is 627 g/mol. The lowest BCUT2D eigenvalue weighted by molar-refractivity contribution is 0.100. The molecule has 14 nitrogen and oxygen atoms in total. The van der Waals surface area contributed by atoms with Crippen molar-refractivity contribution in [2.45, 2.75) is 38.9 Å². The molecule has 1 aromatic carbocycles. The van der Waals surface area contributed by atoms with Crippen molar-refractivity contribution in [1.82, 2.24) is 29.0 Å². The Morgan fingerprint density at radius 2 is 1.70 bits per heavy atom. The molecule has 1 amide bonds. The lowest BCUT2D eigenvalue weighted by Crippen LogP contribution is -2.49. The minimum Gasteiger partial charge on any atom is -0.449 e. The van der Waals surface area contributed by atoms with Gasteiger partial charge < -0.3 is 30.5 Å². The molecule has 2 aromatic heterocycles. The van der Waals surface area contributed by atoms with Crippen molar-refractivity contribution in [3.63, 3.8) is 0 Å². The van der Waals surface area contributed by atoms with Crippen LogP contribution in [0.5, 0.6) is 0 Å². The van der Waals surface area contributed by atoms with E-state index in [1.165, 1.54) is 0 Å². The fraction of sp³-hybridized carbons (Fsp3) is 0.517. The highest BCUT2D eigenvalue weighted by Gasteiger charge is 2.28. The van der Waals surface area contributed by atoms with Gasteiger partial charge in [-0.05, 0) is 57.0 Å². The summed E-state index contributed by atoms with van der Waals surface area (Å²) in [4.78, 5) is 27.1. The zero-order valence-electron chi connectivity index (χ0n) is 25.6. The molecule has 2 aliphatic rings. The van der Waals surface area contributed by atoms with Crippen LogP contribution in [0.2, 0.25) is 0 Å². The summed E-state index contributed by atoms with van der Waals surface area (Å²) >= 11 is 0. The monoisotopic (exact) mass is 626 g/mol. The molecule has 3 N–H and O–H groups in total. The number of nitrogens with zero attached hydrogens (tertiary/aromatic N) is 8. The number of benzene rings is 1. The predicted octanol–water partition coefficient (Wildman–Crippen LogP) is 2.91. The van der Waals surface area contributed by atoms with Gasteiger partial charge in [0.25, 0.3) is 0 Å². The number of carbonyl (C=O) groups excluding carboxylic acids is 1. The Morgan fingerprint density at radius 1 is 0.977 bits per heavy atom. The molecule has 0 radical (unpaired) electrons. The van der Waals surface area contributed by atoms with Crippen LogP contribution in [0.3, 0.4) is 0 Å². The lowest BCUT2D eigenvalue weighted by atomic mass is 10.2. The number of sulfonamides is 1. The number of ether oxygens (including phenoxy) is 1. The van der Waals surface area contributed by atoms with Gasteiger partial charge in [0.1, 0.15) is 5.82 Å². The van der Waals surface area contributed by atoms with Crippen molar-refractivity contribution in [2.75, 3.05) is 79.8 Å². The van der Waals surface area contributed by atoms with Crippen molar-refractivity contribution in [2.24, 2.45) is 0 Å². The van der Waals surface area contributed by atoms with E-state index in [0.717, 1.165) is 36.7 Å². The number of hydrogen-bond donors (Lipinski definition) is 2. The number of hydrogen-bond acceptors (Lipinski definition) is 11. The molecule has 0 aliphatic carbocycles. The summed E-state index contributed by atoms with van der Waals surface area (Å²) in [6.07, 6.45) is 2.97. The van der Waals surface area contributed by atoms with Crippen LogP contribution in [0.25, 0.3) is 5.69 Å². The minimum atomic E-state index is -3.30. The maximum atomic E-state index is 12.7. The number of aromatic nitrogens is 4. The Kier molecular flexibility index (Phi) is 9.74. The normalized spacial score (nSPS) is 16.7. The van der Waals surface area contributed by atoms with Crippen LogP contribution in [-0.4, -0.2) is 108 Å². The number of nitrogens with one attached hydrogen (secondary N) is 1. The molecule has 0 unspecified atom stereocenters. The van der Waals surface area contributed by atoms with Gasteiger partial charge in [-0.3, -0.25) is 0 Å². The standard InChI is InChI=1S/C29H42N10O4S/c1-4-20-43-29(40)37-16-14-35(15-17-37)24-8-6-23(7-9-24)32-28-33-27(30)39(34-28)25-10-11-31-26(21-25)36-12-5-13-38(19-18-36)44(41,42)22(2)3/h6-11,21-22H,4-5,12-20H2,1-3H3,(H3,30,32,33,34). The maximum absolute atomic E-state index is 12.7. The molecule has 0 atom stereocenters. The maximum Gasteiger partial charge on any atom is 0.409 e. The van der Waals surface area contributed by atoms with Gasteiger partial charge in [0.15, 0.2) is 0 Å². The lowest BCUT2D eigenvalue weighted by Gasteiger charge is -2.35. The average Bonchev–Trinajstić information content (AvgIpc) is 3.22. The number of nitrogens with two attached hydrogens (primary N) is 1. The highest BCUT2D eigenvalue weighted by atomic mass is 32.2. The Balaban J connectivity index is 1.20. The molecule has 4 heterocycles. The first-order chi connectivity index (χ1) is 21.2. The van der Waals surface area contributed by atoms with Crippen LogP contribution >= 0.6 is 0 Å². The summed E-state index contributed by atoms with van der Waals surface area (Å²) in [5, 5.41) is 7.35. The van der Waals surface area contributed by atoms with Crippen LogP contribution in [0.4, 0.5) is 33.9 Å². The Morgan fingerprint density at radius 3 is 2.41 bits per heavy atom. The molecule has 238 valence electrons. The molecule has 2 aliphatic heterocycles. The van der Waals surface area contributed by atoms with Gasteiger partial charge in [-0.2, -0.15) is 14.0 Å². The van der Waals surface area contributed by atoms with E-state index in [4.69, 9.17) is 10.5 Å². The highest BCUT2D eigenvalue weighted by Crippen LogP contribution is 2.24. The van der Waals surface area contributed by atoms with Gasteiger partial charge in [0.2, 0.25) is 21.9 Å². The zero-order valence-corrected chi connectivity index (χ0v) is 26.4. The molecule has 0 spiro atoms. The number of pyridine rings is 1. The first-order valence-electron chi connectivity index (χ1n) is 15.1. The quantitative estimate of drug-likeness (QED) is 0.360. The molecule has 0 bridgehead atoms. The van der Waals surface area contributed by atoms with Gasteiger partial charge in [-0.1, -0.05) is 6.92 Å². The Bertz CT molecular complexity index is 1520. The minimum absolute atomic E-state index is 0.224. The number of amides is 1. The molecule has 2 saturated heterocycles. The second-order valence-electron chi connectivity index (χ2n) is 11.2. The molecule has 5 rings (SSSR count). The molecular formula is C29H42N10O4S. The molecule has 15 heteroatoms. The van der Waals surface area contributed by atoms with Crippen molar-refractivity contribution < 1.29 is 17.9 Å². The fourth-order valence-electron chi connectivity index (χ4n) is 5.27. The first kappa shape index (κ1) is 31.3. The summed E-state index contributed by atoms with van der Waals surface area (Å²) < 4.78 is 33.7. The van der Waals surface area contributed by atoms with Gasteiger partial charge in [0, 0.05) is 76.0 Å². The van der Waals surface area contributed by atoms with E-state index in [1.807, 2.05) is 43.3 Å². The number of anilines is 5. The van der Waals surface area contributed by atoms with E-state index < -0.39 is 15.3 Å². The van der Waals surface area contributed by atoms with Crippen molar-refractivity contribution in [3.05, 3.63) is 42.6 Å². The SMILES string of the molecule is CCCOC(=O)N1CCN(c2ccc(Nc3nc(N)n(-c4ccnc(N5CCCN(S(=O)(=O)C(C)C)CC5)c4)n3)cc2)CC1. The number of nitrogen functional groups attached to an aromatic ring is 1. The second-order valence-corrected chi connectivity index (χ2v) is 13.7. The van der Waals surface area contributed by atoms with Crippen molar-refractivity contribution >= 4 is 45.2 Å². The van der Waals surface area contributed by atoms with Gasteiger partial charge in [-0.15, -0.1) is 5.10 Å². The first-order valence-corrected chi connectivity index (χ1v) is 16.6. The Hall–Kier alpha value is -4.11. The van der Waals surface area contributed by atoms with Crippen LogP contribution in [0.1, 0.15) is 33.6 Å². The summed E-state index contributed by atoms with van der Waals surface area (Å²) in [7, 11) is -3.30. The summed E-state index contributed by atoms with van der Waals surface area (Å²) in [5.41, 5.74) is 8.84.